The van der Waals surface area contributed by atoms with Gasteiger partial charge in [0.15, 0.2) is 17.3 Å². The molecule has 0 amide bonds. The van der Waals surface area contributed by atoms with E-state index in [0.717, 1.165) is 0 Å². The van der Waals surface area contributed by atoms with Gasteiger partial charge in [-0.2, -0.15) is 0 Å². The average molecular weight is 264 g/mol. The van der Waals surface area contributed by atoms with Gasteiger partial charge in [0.2, 0.25) is 6.79 Å². The highest BCUT2D eigenvalue weighted by atomic mass is 16.7. The van der Waals surface area contributed by atoms with Crippen molar-refractivity contribution in [2.45, 2.75) is 26.7 Å². The summed E-state index contributed by atoms with van der Waals surface area (Å²) in [5.74, 6) is 0.191. The summed E-state index contributed by atoms with van der Waals surface area (Å²) in [7, 11) is 0. The van der Waals surface area contributed by atoms with Crippen LogP contribution < -0.4 is 9.47 Å². The normalized spacial score (nSPS) is 13.4. The van der Waals surface area contributed by atoms with Crippen molar-refractivity contribution in [1.82, 2.24) is 0 Å². The van der Waals surface area contributed by atoms with E-state index in [9.17, 15) is 9.59 Å². The van der Waals surface area contributed by atoms with Crippen LogP contribution in [0.25, 0.3) is 0 Å². The number of carbonyl (C=O) groups excluding carboxylic acids is 1. The van der Waals surface area contributed by atoms with Gasteiger partial charge in [-0.3, -0.25) is 9.59 Å². The molecule has 1 aromatic rings. The molecular formula is C14H16O5. The minimum Gasteiger partial charge on any atom is -0.481 e. The summed E-state index contributed by atoms with van der Waals surface area (Å²) in [4.78, 5) is 22.9. The van der Waals surface area contributed by atoms with Crippen molar-refractivity contribution < 1.29 is 24.2 Å². The van der Waals surface area contributed by atoms with E-state index in [1.807, 2.05) is 0 Å². The predicted octanol–water partition coefficient (Wildman–Crippen LogP) is 2.49. The van der Waals surface area contributed by atoms with Gasteiger partial charge in [0.05, 0.1) is 6.42 Å². The molecule has 0 spiro atoms. The van der Waals surface area contributed by atoms with E-state index < -0.39 is 11.4 Å². The number of aliphatic carboxylic acids is 1. The maximum absolute atomic E-state index is 12.2. The van der Waals surface area contributed by atoms with Crippen LogP contribution in [0, 0.1) is 5.41 Å². The standard InChI is InChI=1S/C14H16O5/c1-14(2,7-13(16)17)6-10(15)9-3-4-11-12(5-9)19-8-18-11/h3-5H,6-8H2,1-2H3,(H,16,17). The van der Waals surface area contributed by atoms with E-state index in [-0.39, 0.29) is 25.4 Å². The minimum absolute atomic E-state index is 0.0384. The van der Waals surface area contributed by atoms with Crippen LogP contribution in [0.15, 0.2) is 18.2 Å². The SMILES string of the molecule is CC(C)(CC(=O)O)CC(=O)c1ccc2c(c1)OCO2. The highest BCUT2D eigenvalue weighted by molar-refractivity contribution is 5.97. The topological polar surface area (TPSA) is 72.8 Å². The molecule has 5 nitrogen and oxygen atoms in total. The first kappa shape index (κ1) is 13.4. The lowest BCUT2D eigenvalue weighted by molar-refractivity contribution is -0.139. The summed E-state index contributed by atoms with van der Waals surface area (Å²) in [6, 6.07) is 5.01. The lowest BCUT2D eigenvalue weighted by atomic mass is 9.82. The number of ketones is 1. The van der Waals surface area contributed by atoms with Crippen molar-refractivity contribution in [1.29, 1.82) is 0 Å². The van der Waals surface area contributed by atoms with E-state index >= 15 is 0 Å². The van der Waals surface area contributed by atoms with Crippen LogP contribution in [-0.4, -0.2) is 23.7 Å². The molecule has 0 radical (unpaired) electrons. The largest absolute Gasteiger partial charge is 0.481 e. The van der Waals surface area contributed by atoms with E-state index in [1.54, 1.807) is 32.0 Å². The number of ether oxygens (including phenoxy) is 2. The van der Waals surface area contributed by atoms with Crippen molar-refractivity contribution in [3.8, 4) is 11.5 Å². The first-order valence-electron chi connectivity index (χ1n) is 6.02. The van der Waals surface area contributed by atoms with Crippen molar-refractivity contribution >= 4 is 11.8 Å². The lowest BCUT2D eigenvalue weighted by Gasteiger charge is -2.21. The average Bonchev–Trinajstić information content (AvgIpc) is 2.72. The number of carboxylic acid groups (broad SMARTS) is 1. The molecule has 2 rings (SSSR count). The molecule has 0 fully saturated rings. The number of benzene rings is 1. The smallest absolute Gasteiger partial charge is 0.303 e. The fourth-order valence-corrected chi connectivity index (χ4v) is 2.08. The van der Waals surface area contributed by atoms with Crippen molar-refractivity contribution in [3.05, 3.63) is 23.8 Å². The highest BCUT2D eigenvalue weighted by Gasteiger charge is 2.26. The Morgan fingerprint density at radius 3 is 2.58 bits per heavy atom. The lowest BCUT2D eigenvalue weighted by Crippen LogP contribution is -2.21. The minimum atomic E-state index is -0.900. The highest BCUT2D eigenvalue weighted by Crippen LogP contribution is 2.34. The molecule has 1 aliphatic heterocycles. The first-order valence-corrected chi connectivity index (χ1v) is 6.02. The number of carbonyl (C=O) groups is 2. The number of fused-ring (bicyclic) bond motifs is 1. The molecule has 0 bridgehead atoms. The molecule has 0 aromatic heterocycles. The molecule has 19 heavy (non-hydrogen) atoms. The summed E-state index contributed by atoms with van der Waals surface area (Å²) in [6.07, 6.45) is 0.141. The van der Waals surface area contributed by atoms with Gasteiger partial charge in [-0.1, -0.05) is 13.8 Å². The summed E-state index contributed by atoms with van der Waals surface area (Å²) < 4.78 is 10.4. The summed E-state index contributed by atoms with van der Waals surface area (Å²) in [6.45, 7) is 3.70. The Bertz CT molecular complexity index is 519. The van der Waals surface area contributed by atoms with Crippen LogP contribution in [0.4, 0.5) is 0 Å². The second-order valence-corrected chi connectivity index (χ2v) is 5.40. The summed E-state index contributed by atoms with van der Waals surface area (Å²) in [5.41, 5.74) is -0.0537. The Morgan fingerprint density at radius 1 is 1.21 bits per heavy atom. The summed E-state index contributed by atoms with van der Waals surface area (Å²) >= 11 is 0. The van der Waals surface area contributed by atoms with Crippen molar-refractivity contribution in [2.24, 2.45) is 5.41 Å². The molecule has 1 aromatic carbocycles. The van der Waals surface area contributed by atoms with Gasteiger partial charge >= 0.3 is 5.97 Å². The third kappa shape index (κ3) is 3.24. The van der Waals surface area contributed by atoms with Crippen molar-refractivity contribution in [2.75, 3.05) is 6.79 Å². The first-order chi connectivity index (χ1) is 8.87. The van der Waals surface area contributed by atoms with E-state index in [0.29, 0.717) is 17.1 Å². The fraction of sp³-hybridized carbons (Fsp3) is 0.429. The number of Topliss-reactive ketones (excluding diaryl/α,β-unsaturated/α-hetero) is 1. The van der Waals surface area contributed by atoms with Gasteiger partial charge in [0.1, 0.15) is 0 Å². The molecule has 0 aliphatic carbocycles. The van der Waals surface area contributed by atoms with E-state index in [2.05, 4.69) is 0 Å². The van der Waals surface area contributed by atoms with Crippen LogP contribution in [0.5, 0.6) is 11.5 Å². The molecule has 1 aliphatic rings. The quantitative estimate of drug-likeness (QED) is 0.827. The zero-order valence-corrected chi connectivity index (χ0v) is 10.9. The zero-order chi connectivity index (χ0) is 14.0. The predicted molar refractivity (Wildman–Crippen MR) is 67.5 cm³/mol. The number of hydrogen-bond donors (Lipinski definition) is 1. The Kier molecular flexibility index (Phi) is 3.46. The Balaban J connectivity index is 2.10. The molecule has 0 saturated heterocycles. The number of hydrogen-bond acceptors (Lipinski definition) is 4. The van der Waals surface area contributed by atoms with Crippen LogP contribution in [0.2, 0.25) is 0 Å². The van der Waals surface area contributed by atoms with Gasteiger partial charge in [-0.15, -0.1) is 0 Å². The second kappa shape index (κ2) is 4.91. The van der Waals surface area contributed by atoms with Gasteiger partial charge in [0, 0.05) is 12.0 Å². The number of carboxylic acids is 1. The van der Waals surface area contributed by atoms with E-state index in [1.165, 1.54) is 0 Å². The molecule has 5 heteroatoms. The maximum atomic E-state index is 12.2. The van der Waals surface area contributed by atoms with Crippen molar-refractivity contribution in [3.63, 3.8) is 0 Å². The Morgan fingerprint density at radius 2 is 1.89 bits per heavy atom. The molecule has 1 heterocycles. The van der Waals surface area contributed by atoms with Crippen LogP contribution >= 0.6 is 0 Å². The Labute approximate surface area is 111 Å². The number of rotatable bonds is 5. The molecule has 0 unspecified atom stereocenters. The van der Waals surface area contributed by atoms with Crippen LogP contribution in [-0.2, 0) is 4.79 Å². The Hall–Kier alpha value is -2.04. The fourth-order valence-electron chi connectivity index (χ4n) is 2.08. The van der Waals surface area contributed by atoms with E-state index in [4.69, 9.17) is 14.6 Å². The molecular weight excluding hydrogens is 248 g/mol. The second-order valence-electron chi connectivity index (χ2n) is 5.40. The van der Waals surface area contributed by atoms with Gasteiger partial charge in [0.25, 0.3) is 0 Å². The molecule has 0 saturated carbocycles. The van der Waals surface area contributed by atoms with Gasteiger partial charge in [-0.05, 0) is 23.6 Å². The maximum Gasteiger partial charge on any atom is 0.303 e. The molecule has 0 atom stereocenters. The zero-order valence-electron chi connectivity index (χ0n) is 10.9. The summed E-state index contributed by atoms with van der Waals surface area (Å²) in [5, 5.41) is 8.81. The monoisotopic (exact) mass is 264 g/mol. The third-order valence-corrected chi connectivity index (χ3v) is 2.96. The third-order valence-electron chi connectivity index (χ3n) is 2.96. The van der Waals surface area contributed by atoms with Gasteiger partial charge < -0.3 is 14.6 Å². The van der Waals surface area contributed by atoms with Crippen LogP contribution in [0.3, 0.4) is 0 Å². The molecule has 102 valence electrons. The molecule has 1 N–H and O–H groups in total. The van der Waals surface area contributed by atoms with Gasteiger partial charge in [-0.25, -0.2) is 0 Å². The van der Waals surface area contributed by atoms with Crippen LogP contribution in [0.1, 0.15) is 37.0 Å².